The van der Waals surface area contributed by atoms with Gasteiger partial charge in [-0.3, -0.25) is 0 Å². The maximum Gasteiger partial charge on any atom is 0.336 e. The SMILES string of the molecule is N#Cc1ccc(C(=O)O)c(S)c1C(F)F. The molecule has 78 valence electrons. The van der Waals surface area contributed by atoms with Crippen LogP contribution in [0.5, 0.6) is 0 Å². The number of benzene rings is 1. The second-order valence-electron chi connectivity index (χ2n) is 2.64. The number of hydrogen-bond acceptors (Lipinski definition) is 3. The van der Waals surface area contributed by atoms with E-state index >= 15 is 0 Å². The second kappa shape index (κ2) is 4.28. The van der Waals surface area contributed by atoms with Crippen molar-refractivity contribution < 1.29 is 18.7 Å². The Morgan fingerprint density at radius 2 is 2.13 bits per heavy atom. The molecule has 0 radical (unpaired) electrons. The maximum atomic E-state index is 12.5. The first-order valence-electron chi connectivity index (χ1n) is 3.76. The summed E-state index contributed by atoms with van der Waals surface area (Å²) in [6, 6.07) is 3.69. The van der Waals surface area contributed by atoms with Crippen LogP contribution in [0.2, 0.25) is 0 Å². The van der Waals surface area contributed by atoms with Crippen LogP contribution in [0.4, 0.5) is 8.78 Å². The monoisotopic (exact) mass is 229 g/mol. The number of thiol groups is 1. The fourth-order valence-electron chi connectivity index (χ4n) is 1.10. The van der Waals surface area contributed by atoms with Gasteiger partial charge in [0.1, 0.15) is 0 Å². The molecule has 0 saturated carbocycles. The highest BCUT2D eigenvalue weighted by molar-refractivity contribution is 7.80. The molecule has 1 rings (SSSR count). The molecule has 0 aromatic heterocycles. The molecule has 1 aromatic carbocycles. The van der Waals surface area contributed by atoms with Crippen LogP contribution >= 0.6 is 12.6 Å². The molecule has 0 aliphatic rings. The quantitative estimate of drug-likeness (QED) is 0.766. The van der Waals surface area contributed by atoms with Gasteiger partial charge < -0.3 is 5.11 Å². The second-order valence-corrected chi connectivity index (χ2v) is 3.09. The number of carboxylic acid groups (broad SMARTS) is 1. The van der Waals surface area contributed by atoms with Gasteiger partial charge >= 0.3 is 5.97 Å². The molecular formula is C9H5F2NO2S. The van der Waals surface area contributed by atoms with E-state index in [4.69, 9.17) is 10.4 Å². The Kier molecular flexibility index (Phi) is 3.27. The summed E-state index contributed by atoms with van der Waals surface area (Å²) in [5, 5.41) is 17.2. The molecule has 6 heteroatoms. The predicted molar refractivity (Wildman–Crippen MR) is 50.3 cm³/mol. The molecule has 0 heterocycles. The van der Waals surface area contributed by atoms with E-state index in [2.05, 4.69) is 12.6 Å². The Balaban J connectivity index is 3.51. The van der Waals surface area contributed by atoms with Crippen LogP contribution in [-0.2, 0) is 0 Å². The zero-order valence-corrected chi connectivity index (χ0v) is 8.13. The van der Waals surface area contributed by atoms with Crippen molar-refractivity contribution in [2.45, 2.75) is 11.3 Å². The van der Waals surface area contributed by atoms with Gasteiger partial charge in [-0.1, -0.05) is 0 Å². The Morgan fingerprint density at radius 1 is 1.53 bits per heavy atom. The fourth-order valence-corrected chi connectivity index (χ4v) is 1.49. The third-order valence-electron chi connectivity index (χ3n) is 1.79. The highest BCUT2D eigenvalue weighted by atomic mass is 32.1. The highest BCUT2D eigenvalue weighted by Crippen LogP contribution is 2.31. The summed E-state index contributed by atoms with van der Waals surface area (Å²) in [5.41, 5.74) is -1.24. The lowest BCUT2D eigenvalue weighted by atomic mass is 10.0. The van der Waals surface area contributed by atoms with E-state index in [9.17, 15) is 13.6 Å². The van der Waals surface area contributed by atoms with Crippen molar-refractivity contribution in [3.05, 3.63) is 28.8 Å². The first-order valence-corrected chi connectivity index (χ1v) is 4.21. The van der Waals surface area contributed by atoms with E-state index in [0.717, 1.165) is 12.1 Å². The predicted octanol–water partition coefficient (Wildman–Crippen LogP) is 2.48. The van der Waals surface area contributed by atoms with Crippen molar-refractivity contribution >= 4 is 18.6 Å². The van der Waals surface area contributed by atoms with Crippen molar-refractivity contribution in [3.8, 4) is 6.07 Å². The van der Waals surface area contributed by atoms with E-state index in [1.165, 1.54) is 0 Å². The molecule has 1 aromatic rings. The molecular weight excluding hydrogens is 224 g/mol. The molecule has 0 aliphatic carbocycles. The topological polar surface area (TPSA) is 61.1 Å². The van der Waals surface area contributed by atoms with Crippen LogP contribution in [0.3, 0.4) is 0 Å². The molecule has 0 atom stereocenters. The maximum absolute atomic E-state index is 12.5. The van der Waals surface area contributed by atoms with Crippen molar-refractivity contribution in [3.63, 3.8) is 0 Å². The van der Waals surface area contributed by atoms with Crippen LogP contribution in [0, 0.1) is 11.3 Å². The summed E-state index contributed by atoms with van der Waals surface area (Å²) in [4.78, 5) is 10.3. The summed E-state index contributed by atoms with van der Waals surface area (Å²) in [6.07, 6.45) is -2.92. The molecule has 0 bridgehead atoms. The van der Waals surface area contributed by atoms with E-state index in [0.29, 0.717) is 0 Å². The summed E-state index contributed by atoms with van der Waals surface area (Å²) < 4.78 is 25.1. The number of carboxylic acids is 1. The molecule has 0 fully saturated rings. The number of nitriles is 1. The number of alkyl halides is 2. The first-order chi connectivity index (χ1) is 6.99. The van der Waals surface area contributed by atoms with Crippen molar-refractivity contribution in [1.29, 1.82) is 5.26 Å². The number of nitrogens with zero attached hydrogens (tertiary/aromatic N) is 1. The van der Waals surface area contributed by atoms with Gasteiger partial charge in [-0.15, -0.1) is 12.6 Å². The van der Waals surface area contributed by atoms with Gasteiger partial charge in [-0.2, -0.15) is 5.26 Å². The van der Waals surface area contributed by atoms with E-state index in [1.807, 2.05) is 0 Å². The lowest BCUT2D eigenvalue weighted by Gasteiger charge is -2.08. The number of aromatic carboxylic acids is 1. The molecule has 0 amide bonds. The molecule has 0 spiro atoms. The van der Waals surface area contributed by atoms with Gasteiger partial charge in [0.05, 0.1) is 17.2 Å². The average Bonchev–Trinajstić information content (AvgIpc) is 2.15. The third-order valence-corrected chi connectivity index (χ3v) is 2.27. The number of carbonyl (C=O) groups is 1. The van der Waals surface area contributed by atoms with Crippen LogP contribution in [0.15, 0.2) is 17.0 Å². The summed E-state index contributed by atoms with van der Waals surface area (Å²) in [7, 11) is 0. The van der Waals surface area contributed by atoms with Crippen molar-refractivity contribution in [1.82, 2.24) is 0 Å². The zero-order valence-electron chi connectivity index (χ0n) is 7.24. The van der Waals surface area contributed by atoms with Crippen LogP contribution in [0.25, 0.3) is 0 Å². The van der Waals surface area contributed by atoms with Crippen LogP contribution < -0.4 is 0 Å². The van der Waals surface area contributed by atoms with E-state index < -0.39 is 18.0 Å². The molecule has 0 aliphatic heterocycles. The Labute approximate surface area is 89.4 Å². The molecule has 3 nitrogen and oxygen atoms in total. The molecule has 0 saturated heterocycles. The van der Waals surface area contributed by atoms with Crippen molar-refractivity contribution in [2.75, 3.05) is 0 Å². The van der Waals surface area contributed by atoms with Gasteiger partial charge in [0, 0.05) is 10.5 Å². The van der Waals surface area contributed by atoms with Gasteiger partial charge in [-0.25, -0.2) is 13.6 Å². The van der Waals surface area contributed by atoms with Crippen molar-refractivity contribution in [2.24, 2.45) is 0 Å². The van der Waals surface area contributed by atoms with Gasteiger partial charge in [0.15, 0.2) is 0 Å². The fraction of sp³-hybridized carbons (Fsp3) is 0.111. The largest absolute Gasteiger partial charge is 0.478 e. The minimum absolute atomic E-state index is 0.264. The van der Waals surface area contributed by atoms with Crippen LogP contribution in [0.1, 0.15) is 27.9 Å². The summed E-state index contributed by atoms with van der Waals surface area (Å²) in [6.45, 7) is 0. The van der Waals surface area contributed by atoms with Gasteiger partial charge in [0.2, 0.25) is 0 Å². The standard InChI is InChI=1S/C9H5F2NO2S/c10-8(11)6-4(3-12)1-2-5(7(6)15)9(13)14/h1-2,8,15H,(H,13,14). The lowest BCUT2D eigenvalue weighted by Crippen LogP contribution is -2.03. The van der Waals surface area contributed by atoms with E-state index in [-0.39, 0.29) is 16.0 Å². The number of rotatable bonds is 2. The molecule has 0 unspecified atom stereocenters. The first kappa shape index (κ1) is 11.5. The number of hydrogen-bond donors (Lipinski definition) is 2. The molecule has 1 N–H and O–H groups in total. The smallest absolute Gasteiger partial charge is 0.336 e. The highest BCUT2D eigenvalue weighted by Gasteiger charge is 2.21. The summed E-state index contributed by atoms with van der Waals surface area (Å²) >= 11 is 3.70. The van der Waals surface area contributed by atoms with Crippen LogP contribution in [-0.4, -0.2) is 11.1 Å². The lowest BCUT2D eigenvalue weighted by molar-refractivity contribution is 0.0692. The Morgan fingerprint density at radius 3 is 2.53 bits per heavy atom. The Bertz CT molecular complexity index is 454. The van der Waals surface area contributed by atoms with Gasteiger partial charge in [0.25, 0.3) is 6.43 Å². The average molecular weight is 229 g/mol. The van der Waals surface area contributed by atoms with E-state index in [1.54, 1.807) is 6.07 Å². The minimum atomic E-state index is -2.92. The number of halogens is 2. The third kappa shape index (κ3) is 2.07. The summed E-state index contributed by atoms with van der Waals surface area (Å²) in [5.74, 6) is -1.36. The van der Waals surface area contributed by atoms with Gasteiger partial charge in [-0.05, 0) is 12.1 Å². The minimum Gasteiger partial charge on any atom is -0.478 e. The zero-order chi connectivity index (χ0) is 11.6. The molecule has 15 heavy (non-hydrogen) atoms. The normalized spacial score (nSPS) is 10.1. The Hall–Kier alpha value is -1.61.